The molecule has 0 aliphatic rings. The molecule has 0 aliphatic carbocycles. The number of nitrogens with one attached hydrogen (secondary N) is 1. The second-order valence-corrected chi connectivity index (χ2v) is 4.92. The fraction of sp³-hybridized carbons (Fsp3) is 1.00. The van der Waals surface area contributed by atoms with Crippen molar-refractivity contribution in [1.82, 2.24) is 4.72 Å². The van der Waals surface area contributed by atoms with Gasteiger partial charge in [-0.1, -0.05) is 13.3 Å². The molecule has 0 aliphatic heterocycles. The largest absolute Gasteiger partial charge is 0.327 e. The lowest BCUT2D eigenvalue weighted by atomic mass is 10.4. The lowest BCUT2D eigenvalue weighted by Crippen LogP contribution is -2.36. The Morgan fingerprint density at radius 1 is 1.50 bits per heavy atom. The van der Waals surface area contributed by atoms with Crippen LogP contribution >= 0.6 is 0 Å². The normalized spacial score (nSPS) is 14.6. The maximum Gasteiger partial charge on any atom is 0.211 e. The van der Waals surface area contributed by atoms with Crippen molar-refractivity contribution < 1.29 is 8.42 Å². The van der Waals surface area contributed by atoms with Gasteiger partial charge < -0.3 is 5.73 Å². The molecule has 74 valence electrons. The zero-order valence-electron chi connectivity index (χ0n) is 7.71. The van der Waals surface area contributed by atoms with E-state index in [0.717, 1.165) is 6.42 Å². The van der Waals surface area contributed by atoms with Gasteiger partial charge in [-0.05, 0) is 13.3 Å². The third kappa shape index (κ3) is 6.57. The number of rotatable bonds is 6. The van der Waals surface area contributed by atoms with Gasteiger partial charge in [0.15, 0.2) is 0 Å². The topological polar surface area (TPSA) is 72.2 Å². The van der Waals surface area contributed by atoms with Gasteiger partial charge in [0.05, 0.1) is 5.75 Å². The molecule has 0 saturated carbocycles. The van der Waals surface area contributed by atoms with Crippen molar-refractivity contribution in [3.63, 3.8) is 0 Å². The van der Waals surface area contributed by atoms with Crippen LogP contribution < -0.4 is 10.5 Å². The highest BCUT2D eigenvalue weighted by atomic mass is 32.2. The van der Waals surface area contributed by atoms with E-state index >= 15 is 0 Å². The molecule has 0 bridgehead atoms. The quantitative estimate of drug-likeness (QED) is 0.627. The van der Waals surface area contributed by atoms with E-state index in [0.29, 0.717) is 13.0 Å². The van der Waals surface area contributed by atoms with Gasteiger partial charge in [0.2, 0.25) is 10.0 Å². The molecule has 0 rings (SSSR count). The van der Waals surface area contributed by atoms with E-state index in [1.54, 1.807) is 6.92 Å². The van der Waals surface area contributed by atoms with Crippen LogP contribution in [0.2, 0.25) is 0 Å². The summed E-state index contributed by atoms with van der Waals surface area (Å²) in [6.07, 6.45) is 1.59. The van der Waals surface area contributed by atoms with Crippen molar-refractivity contribution in [2.24, 2.45) is 5.73 Å². The summed E-state index contributed by atoms with van der Waals surface area (Å²) in [5, 5.41) is 0. The minimum absolute atomic E-state index is 0.124. The zero-order chi connectivity index (χ0) is 9.61. The molecule has 12 heavy (non-hydrogen) atoms. The summed E-state index contributed by atoms with van der Waals surface area (Å²) in [7, 11) is -3.07. The van der Waals surface area contributed by atoms with Crippen LogP contribution in [0.15, 0.2) is 0 Å². The third-order valence-electron chi connectivity index (χ3n) is 1.39. The van der Waals surface area contributed by atoms with E-state index in [1.165, 1.54) is 0 Å². The molecule has 0 fully saturated rings. The van der Waals surface area contributed by atoms with Crippen LogP contribution in [-0.2, 0) is 10.0 Å². The van der Waals surface area contributed by atoms with Gasteiger partial charge in [-0.25, -0.2) is 13.1 Å². The van der Waals surface area contributed by atoms with E-state index in [1.807, 2.05) is 6.92 Å². The number of nitrogens with two attached hydrogens (primary N) is 1. The summed E-state index contributed by atoms with van der Waals surface area (Å²) < 4.78 is 24.7. The SMILES string of the molecule is CCCCS(=O)(=O)NCC(C)N. The summed E-state index contributed by atoms with van der Waals surface area (Å²) in [4.78, 5) is 0. The van der Waals surface area contributed by atoms with Crippen molar-refractivity contribution >= 4 is 10.0 Å². The van der Waals surface area contributed by atoms with Crippen LogP contribution in [-0.4, -0.2) is 26.8 Å². The lowest BCUT2D eigenvalue weighted by molar-refractivity contribution is 0.571. The fourth-order valence-electron chi connectivity index (χ4n) is 0.665. The highest BCUT2D eigenvalue weighted by molar-refractivity contribution is 7.89. The fourth-order valence-corrected chi connectivity index (χ4v) is 1.99. The number of hydrogen-bond donors (Lipinski definition) is 2. The van der Waals surface area contributed by atoms with Crippen LogP contribution in [0.25, 0.3) is 0 Å². The summed E-state index contributed by atoms with van der Waals surface area (Å²) in [6.45, 7) is 4.05. The molecule has 3 N–H and O–H groups in total. The first kappa shape index (κ1) is 11.9. The van der Waals surface area contributed by atoms with E-state index in [-0.39, 0.29) is 11.8 Å². The lowest BCUT2D eigenvalue weighted by Gasteiger charge is -2.07. The van der Waals surface area contributed by atoms with E-state index < -0.39 is 10.0 Å². The monoisotopic (exact) mass is 194 g/mol. The molecule has 0 heterocycles. The van der Waals surface area contributed by atoms with Crippen molar-refractivity contribution in [2.75, 3.05) is 12.3 Å². The van der Waals surface area contributed by atoms with Gasteiger partial charge in [-0.3, -0.25) is 0 Å². The number of unbranched alkanes of at least 4 members (excludes halogenated alkanes) is 1. The highest BCUT2D eigenvalue weighted by Gasteiger charge is 2.08. The van der Waals surface area contributed by atoms with Crippen molar-refractivity contribution in [1.29, 1.82) is 0 Å². The Bertz CT molecular complexity index is 199. The average molecular weight is 194 g/mol. The Kier molecular flexibility index (Phi) is 5.44. The number of hydrogen-bond acceptors (Lipinski definition) is 3. The first-order valence-electron chi connectivity index (χ1n) is 4.21. The third-order valence-corrected chi connectivity index (χ3v) is 2.82. The van der Waals surface area contributed by atoms with Crippen molar-refractivity contribution in [3.05, 3.63) is 0 Å². The van der Waals surface area contributed by atoms with Crippen LogP contribution in [0.4, 0.5) is 0 Å². The molecule has 4 nitrogen and oxygen atoms in total. The van der Waals surface area contributed by atoms with Crippen molar-refractivity contribution in [2.45, 2.75) is 32.7 Å². The number of sulfonamides is 1. The molecule has 0 aromatic heterocycles. The molecule has 0 aromatic rings. The van der Waals surface area contributed by atoms with Crippen LogP contribution in [0.5, 0.6) is 0 Å². The Labute approximate surface area is 74.6 Å². The average Bonchev–Trinajstić information content (AvgIpc) is 1.98. The summed E-state index contributed by atoms with van der Waals surface area (Å²) >= 11 is 0. The van der Waals surface area contributed by atoms with E-state index in [9.17, 15) is 8.42 Å². The van der Waals surface area contributed by atoms with Crippen molar-refractivity contribution in [3.8, 4) is 0 Å². The molecule has 0 saturated heterocycles. The Morgan fingerprint density at radius 3 is 2.50 bits per heavy atom. The second-order valence-electron chi connectivity index (χ2n) is 3.00. The van der Waals surface area contributed by atoms with Gasteiger partial charge in [0.1, 0.15) is 0 Å². The standard InChI is InChI=1S/C7H18N2O2S/c1-3-4-5-12(10,11)9-6-7(2)8/h7,9H,3-6,8H2,1-2H3. The zero-order valence-corrected chi connectivity index (χ0v) is 8.52. The maximum absolute atomic E-state index is 11.1. The molecule has 1 unspecified atom stereocenters. The summed E-state index contributed by atoms with van der Waals surface area (Å²) in [6, 6.07) is -0.124. The van der Waals surface area contributed by atoms with Gasteiger partial charge >= 0.3 is 0 Å². The van der Waals surface area contributed by atoms with Gasteiger partial charge in [-0.15, -0.1) is 0 Å². The predicted molar refractivity (Wildman–Crippen MR) is 50.3 cm³/mol. The Balaban J connectivity index is 3.73. The first-order chi connectivity index (χ1) is 5.48. The van der Waals surface area contributed by atoms with Crippen LogP contribution in [0.1, 0.15) is 26.7 Å². The molecule has 0 aromatic carbocycles. The second kappa shape index (κ2) is 5.50. The van der Waals surface area contributed by atoms with Gasteiger partial charge in [-0.2, -0.15) is 0 Å². The van der Waals surface area contributed by atoms with Gasteiger partial charge in [0, 0.05) is 12.6 Å². The minimum atomic E-state index is -3.07. The molecule has 0 radical (unpaired) electrons. The van der Waals surface area contributed by atoms with E-state index in [4.69, 9.17) is 5.73 Å². The van der Waals surface area contributed by atoms with Crippen LogP contribution in [0, 0.1) is 0 Å². The smallest absolute Gasteiger partial charge is 0.211 e. The molecular weight excluding hydrogens is 176 g/mol. The Hall–Kier alpha value is -0.130. The predicted octanol–water partition coefficient (Wildman–Crippen LogP) is 0.0531. The molecule has 0 spiro atoms. The Morgan fingerprint density at radius 2 is 2.08 bits per heavy atom. The maximum atomic E-state index is 11.1. The molecule has 0 amide bonds. The summed E-state index contributed by atoms with van der Waals surface area (Å²) in [5.41, 5.74) is 5.40. The van der Waals surface area contributed by atoms with E-state index in [2.05, 4.69) is 4.72 Å². The molecular formula is C7H18N2O2S. The highest BCUT2D eigenvalue weighted by Crippen LogP contribution is 1.92. The van der Waals surface area contributed by atoms with Gasteiger partial charge in [0.25, 0.3) is 0 Å². The molecule has 1 atom stereocenters. The first-order valence-corrected chi connectivity index (χ1v) is 5.86. The minimum Gasteiger partial charge on any atom is -0.327 e. The molecule has 5 heteroatoms. The summed E-state index contributed by atoms with van der Waals surface area (Å²) in [5.74, 6) is 0.205. The van der Waals surface area contributed by atoms with Crippen LogP contribution in [0.3, 0.4) is 0 Å².